The number of nitrogens with zero attached hydrogens (tertiary/aromatic N) is 4. The third kappa shape index (κ3) is 7.98. The van der Waals surface area contributed by atoms with E-state index in [1.807, 2.05) is 6.92 Å². The molecule has 2 heterocycles. The fourth-order valence-corrected chi connectivity index (χ4v) is 5.77. The lowest BCUT2D eigenvalue weighted by molar-refractivity contribution is -0.140. The summed E-state index contributed by atoms with van der Waals surface area (Å²) in [6.07, 6.45) is -5.02. The van der Waals surface area contributed by atoms with Gasteiger partial charge in [0.15, 0.2) is 0 Å². The van der Waals surface area contributed by atoms with Gasteiger partial charge in [0.05, 0.1) is 54.4 Å². The van der Waals surface area contributed by atoms with Crippen LogP contribution < -0.4 is 16.0 Å². The van der Waals surface area contributed by atoms with E-state index >= 15 is 0 Å². The molecule has 0 bridgehead atoms. The van der Waals surface area contributed by atoms with Gasteiger partial charge in [-0.25, -0.2) is 9.37 Å². The van der Waals surface area contributed by atoms with Crippen LogP contribution in [-0.4, -0.2) is 77.8 Å². The number of rotatable bonds is 12. The van der Waals surface area contributed by atoms with E-state index in [9.17, 15) is 27.2 Å². The van der Waals surface area contributed by atoms with Gasteiger partial charge in [0, 0.05) is 26.2 Å². The number of para-hydroxylation sites is 1. The molecule has 0 spiro atoms. The highest BCUT2D eigenvalue weighted by molar-refractivity contribution is 5.80. The Morgan fingerprint density at radius 3 is 2.47 bits per heavy atom. The highest BCUT2D eigenvalue weighted by atomic mass is 19.4. The molecule has 1 atom stereocenters. The molecule has 13 heteroatoms. The van der Waals surface area contributed by atoms with Crippen molar-refractivity contribution in [1.82, 2.24) is 19.4 Å². The van der Waals surface area contributed by atoms with Crippen molar-refractivity contribution >= 4 is 16.8 Å². The van der Waals surface area contributed by atoms with E-state index in [1.165, 1.54) is 4.57 Å². The predicted octanol–water partition coefficient (Wildman–Crippen LogP) is 4.74. The van der Waals surface area contributed by atoms with Crippen molar-refractivity contribution in [3.63, 3.8) is 0 Å². The van der Waals surface area contributed by atoms with Crippen molar-refractivity contribution in [3.05, 3.63) is 99.9 Å². The molecule has 0 radical (unpaired) electrons. The van der Waals surface area contributed by atoms with E-state index in [0.29, 0.717) is 67.9 Å². The molecular weight excluding hydrogens is 618 g/mol. The fraction of sp³-hybridized carbons (Fsp3) is 0.382. The molecule has 0 aliphatic carbocycles. The van der Waals surface area contributed by atoms with Crippen LogP contribution in [0.15, 0.2) is 71.5 Å². The fourth-order valence-electron chi connectivity index (χ4n) is 5.77. The summed E-state index contributed by atoms with van der Waals surface area (Å²) in [5.41, 5.74) is 5.38. The van der Waals surface area contributed by atoms with Crippen LogP contribution in [-0.2, 0) is 22.1 Å². The van der Waals surface area contributed by atoms with Gasteiger partial charge in [0.2, 0.25) is 5.91 Å². The Bertz CT molecular complexity index is 1740. The average Bonchev–Trinajstić information content (AvgIpc) is 3.05. The van der Waals surface area contributed by atoms with Crippen LogP contribution in [0.1, 0.15) is 36.3 Å². The quantitative estimate of drug-likeness (QED) is 0.220. The van der Waals surface area contributed by atoms with Crippen molar-refractivity contribution < 1.29 is 31.8 Å². The first-order valence-electron chi connectivity index (χ1n) is 15.5. The SMILES string of the molecule is CCOc1ccc(-n2c(C(CCN)N(CCN3CCOCC3)C(=O)Cc3ccc(C(F)(F)F)c(F)c3)nc3ccccc3c2=O)cc1. The molecule has 3 aromatic carbocycles. The topological polar surface area (TPSA) is 103 Å². The number of fused-ring (bicyclic) bond motifs is 1. The molecule has 250 valence electrons. The Morgan fingerprint density at radius 2 is 1.81 bits per heavy atom. The Hall–Kier alpha value is -4.33. The molecule has 1 aliphatic heterocycles. The summed E-state index contributed by atoms with van der Waals surface area (Å²) < 4.78 is 66.7. The van der Waals surface area contributed by atoms with E-state index < -0.39 is 29.5 Å². The number of ether oxygens (including phenoxy) is 2. The number of carbonyl (C=O) groups excluding carboxylic acids is 1. The first kappa shape index (κ1) is 34.0. The summed E-state index contributed by atoms with van der Waals surface area (Å²) in [6.45, 7) is 5.48. The van der Waals surface area contributed by atoms with Crippen molar-refractivity contribution in [2.75, 3.05) is 52.5 Å². The molecule has 2 N–H and O–H groups in total. The zero-order valence-corrected chi connectivity index (χ0v) is 26.0. The van der Waals surface area contributed by atoms with Crippen molar-refractivity contribution in [1.29, 1.82) is 0 Å². The number of amides is 1. The van der Waals surface area contributed by atoms with Gasteiger partial charge >= 0.3 is 6.18 Å². The van der Waals surface area contributed by atoms with Crippen molar-refractivity contribution in [2.24, 2.45) is 5.73 Å². The molecule has 1 aromatic heterocycles. The van der Waals surface area contributed by atoms with Crippen LogP contribution in [0.25, 0.3) is 16.6 Å². The number of benzene rings is 3. The summed E-state index contributed by atoms with van der Waals surface area (Å²) in [6, 6.07) is 15.5. The summed E-state index contributed by atoms with van der Waals surface area (Å²) in [7, 11) is 0. The molecule has 1 fully saturated rings. The molecule has 1 amide bonds. The maximum Gasteiger partial charge on any atom is 0.419 e. The van der Waals surface area contributed by atoms with E-state index in [-0.39, 0.29) is 42.9 Å². The summed E-state index contributed by atoms with van der Waals surface area (Å²) >= 11 is 0. The van der Waals surface area contributed by atoms with E-state index in [2.05, 4.69) is 4.90 Å². The number of aromatic nitrogens is 2. The molecule has 47 heavy (non-hydrogen) atoms. The maximum absolute atomic E-state index is 14.5. The van der Waals surface area contributed by atoms with Gasteiger partial charge < -0.3 is 20.1 Å². The number of carbonyl (C=O) groups is 1. The second-order valence-corrected chi connectivity index (χ2v) is 11.2. The monoisotopic (exact) mass is 655 g/mol. The maximum atomic E-state index is 14.5. The van der Waals surface area contributed by atoms with Crippen molar-refractivity contribution in [2.45, 2.75) is 32.0 Å². The minimum atomic E-state index is -4.87. The lowest BCUT2D eigenvalue weighted by Crippen LogP contribution is -2.46. The molecule has 1 saturated heterocycles. The Labute approximate surface area is 269 Å². The first-order chi connectivity index (χ1) is 22.6. The number of alkyl halides is 3. The minimum Gasteiger partial charge on any atom is -0.494 e. The second-order valence-electron chi connectivity index (χ2n) is 11.2. The number of hydrogen-bond donors (Lipinski definition) is 1. The van der Waals surface area contributed by atoms with Gasteiger partial charge in [-0.3, -0.25) is 19.1 Å². The lowest BCUT2D eigenvalue weighted by Gasteiger charge is -2.35. The predicted molar refractivity (Wildman–Crippen MR) is 169 cm³/mol. The van der Waals surface area contributed by atoms with Gasteiger partial charge in [0.1, 0.15) is 17.4 Å². The normalized spacial score (nSPS) is 14.7. The minimum absolute atomic E-state index is 0.0822. The molecule has 1 unspecified atom stereocenters. The van der Waals surface area contributed by atoms with Crippen LogP contribution in [0, 0.1) is 5.82 Å². The zero-order chi connectivity index (χ0) is 33.6. The highest BCUT2D eigenvalue weighted by Gasteiger charge is 2.35. The lowest BCUT2D eigenvalue weighted by atomic mass is 10.0. The second kappa shape index (κ2) is 15.1. The highest BCUT2D eigenvalue weighted by Crippen LogP contribution is 2.32. The van der Waals surface area contributed by atoms with Crippen LogP contribution in [0.4, 0.5) is 17.6 Å². The molecular formula is C34H37F4N5O4. The van der Waals surface area contributed by atoms with Crippen LogP contribution in [0.5, 0.6) is 5.75 Å². The van der Waals surface area contributed by atoms with Crippen molar-refractivity contribution in [3.8, 4) is 11.4 Å². The standard InChI is InChI=1S/C34H37F4N5O4/c1-2-47-25-10-8-24(9-11-25)43-32(40-29-6-4-3-5-26(29)33(43)45)30(13-14-39)42(16-15-41-17-19-46-20-18-41)31(44)22-23-7-12-27(28(35)21-23)34(36,37)38/h3-12,21,30H,2,13-20,22,39H2,1H3. The summed E-state index contributed by atoms with van der Waals surface area (Å²) in [5.74, 6) is -1.04. The molecule has 1 aliphatic rings. The van der Waals surface area contributed by atoms with E-state index in [4.69, 9.17) is 20.2 Å². The molecule has 4 aromatic rings. The van der Waals surface area contributed by atoms with Gasteiger partial charge in [-0.2, -0.15) is 13.2 Å². The smallest absolute Gasteiger partial charge is 0.419 e. The number of nitrogens with two attached hydrogens (primary N) is 1. The third-order valence-electron chi connectivity index (χ3n) is 8.10. The largest absolute Gasteiger partial charge is 0.494 e. The van der Waals surface area contributed by atoms with Crippen LogP contribution in [0.3, 0.4) is 0 Å². The number of halogens is 4. The Kier molecular flexibility index (Phi) is 10.9. The van der Waals surface area contributed by atoms with Gasteiger partial charge in [0.25, 0.3) is 5.56 Å². The van der Waals surface area contributed by atoms with E-state index in [0.717, 1.165) is 12.1 Å². The molecule has 9 nitrogen and oxygen atoms in total. The molecule has 0 saturated carbocycles. The Morgan fingerprint density at radius 1 is 1.09 bits per heavy atom. The summed E-state index contributed by atoms with van der Waals surface area (Å²) in [5, 5.41) is 0.378. The van der Waals surface area contributed by atoms with Gasteiger partial charge in [-0.1, -0.05) is 18.2 Å². The van der Waals surface area contributed by atoms with Gasteiger partial charge in [-0.05, 0) is 74.0 Å². The average molecular weight is 656 g/mol. The van der Waals surface area contributed by atoms with Crippen LogP contribution in [0.2, 0.25) is 0 Å². The van der Waals surface area contributed by atoms with Crippen LogP contribution >= 0.6 is 0 Å². The third-order valence-corrected chi connectivity index (χ3v) is 8.10. The zero-order valence-electron chi connectivity index (χ0n) is 26.0. The first-order valence-corrected chi connectivity index (χ1v) is 15.5. The summed E-state index contributed by atoms with van der Waals surface area (Å²) in [4.78, 5) is 36.9. The van der Waals surface area contributed by atoms with Gasteiger partial charge in [-0.15, -0.1) is 0 Å². The molecule has 5 rings (SSSR count). The van der Waals surface area contributed by atoms with E-state index in [1.54, 1.807) is 53.4 Å². The number of morpholine rings is 1. The Balaban J connectivity index is 1.60. The number of hydrogen-bond acceptors (Lipinski definition) is 7.